The molecule has 1 amide bonds. The van der Waals surface area contributed by atoms with Crippen molar-refractivity contribution < 1.29 is 4.79 Å². The Hall–Kier alpha value is -1.19. The van der Waals surface area contributed by atoms with Crippen LogP contribution in [0.25, 0.3) is 6.08 Å². The second-order valence-electron chi connectivity index (χ2n) is 4.10. The molecule has 0 heterocycles. The Kier molecular flexibility index (Phi) is 5.54. The number of anilines is 1. The lowest BCUT2D eigenvalue weighted by Gasteiger charge is -2.05. The number of rotatable bonds is 3. The van der Waals surface area contributed by atoms with Crippen LogP contribution in [0.15, 0.2) is 42.5 Å². The molecule has 1 N–H and O–H groups in total. The molecule has 0 bridgehead atoms. The van der Waals surface area contributed by atoms with Crippen LogP contribution in [0.4, 0.5) is 5.69 Å². The first-order valence-electron chi connectivity index (χ1n) is 5.85. The summed E-state index contributed by atoms with van der Waals surface area (Å²) in [6, 6.07) is 10.1. The summed E-state index contributed by atoms with van der Waals surface area (Å²) in [5.74, 6) is -0.328. The Morgan fingerprint density at radius 2 is 1.71 bits per heavy atom. The number of carbonyl (C=O) groups is 1. The minimum Gasteiger partial charge on any atom is -0.321 e. The van der Waals surface area contributed by atoms with Gasteiger partial charge in [-0.2, -0.15) is 0 Å². The summed E-state index contributed by atoms with van der Waals surface area (Å²) in [5, 5.41) is 4.22. The topological polar surface area (TPSA) is 29.1 Å². The summed E-state index contributed by atoms with van der Waals surface area (Å²) in [6.45, 7) is 0. The van der Waals surface area contributed by atoms with Crippen LogP contribution in [-0.4, -0.2) is 5.91 Å². The predicted octanol–water partition coefficient (Wildman–Crippen LogP) is 5.95. The summed E-state index contributed by atoms with van der Waals surface area (Å²) in [4.78, 5) is 11.8. The highest BCUT2D eigenvalue weighted by Crippen LogP contribution is 2.29. The Balaban J connectivity index is 2.09. The van der Waals surface area contributed by atoms with Crippen LogP contribution in [0.5, 0.6) is 0 Å². The number of hydrogen-bond donors (Lipinski definition) is 1. The molecule has 21 heavy (non-hydrogen) atoms. The molecule has 108 valence electrons. The zero-order chi connectivity index (χ0) is 15.4. The van der Waals surface area contributed by atoms with Crippen LogP contribution >= 0.6 is 46.4 Å². The molecular weight excluding hydrogens is 352 g/mol. The molecule has 0 aromatic heterocycles. The Morgan fingerprint density at radius 1 is 0.952 bits per heavy atom. The molecule has 0 fully saturated rings. The Morgan fingerprint density at radius 3 is 2.43 bits per heavy atom. The van der Waals surface area contributed by atoms with Gasteiger partial charge in [0.1, 0.15) is 0 Å². The number of amides is 1. The fourth-order valence-electron chi connectivity index (χ4n) is 1.56. The zero-order valence-electron chi connectivity index (χ0n) is 10.5. The molecule has 0 unspecified atom stereocenters. The largest absolute Gasteiger partial charge is 0.321 e. The molecule has 0 aliphatic carbocycles. The molecular formula is C15H9Cl4NO. The third-order valence-electron chi connectivity index (χ3n) is 2.58. The fourth-order valence-corrected chi connectivity index (χ4v) is 2.22. The van der Waals surface area contributed by atoms with Crippen LogP contribution in [0, 0.1) is 0 Å². The SMILES string of the molecule is O=C(C=Cc1ccc(Cl)c(Cl)c1)Nc1cccc(Cl)c1Cl. The quantitative estimate of drug-likeness (QED) is 0.673. The van der Waals surface area contributed by atoms with Gasteiger partial charge in [0.25, 0.3) is 0 Å². The van der Waals surface area contributed by atoms with Gasteiger partial charge < -0.3 is 5.32 Å². The van der Waals surface area contributed by atoms with E-state index in [1.165, 1.54) is 6.08 Å². The van der Waals surface area contributed by atoms with E-state index in [2.05, 4.69) is 5.32 Å². The average molecular weight is 361 g/mol. The van der Waals surface area contributed by atoms with E-state index in [1.807, 2.05) is 0 Å². The summed E-state index contributed by atoms with van der Waals surface area (Å²) in [7, 11) is 0. The third-order valence-corrected chi connectivity index (χ3v) is 4.14. The van der Waals surface area contributed by atoms with Gasteiger partial charge in [0.05, 0.1) is 25.8 Å². The van der Waals surface area contributed by atoms with Crippen molar-refractivity contribution in [1.29, 1.82) is 0 Å². The van der Waals surface area contributed by atoms with E-state index >= 15 is 0 Å². The highest BCUT2D eigenvalue weighted by molar-refractivity contribution is 6.44. The first-order chi connectivity index (χ1) is 9.97. The number of halogens is 4. The highest BCUT2D eigenvalue weighted by Gasteiger charge is 2.06. The first-order valence-corrected chi connectivity index (χ1v) is 7.36. The fraction of sp³-hybridized carbons (Fsp3) is 0. The maximum absolute atomic E-state index is 11.8. The third kappa shape index (κ3) is 4.39. The predicted molar refractivity (Wildman–Crippen MR) is 90.6 cm³/mol. The smallest absolute Gasteiger partial charge is 0.248 e. The molecule has 2 nitrogen and oxygen atoms in total. The zero-order valence-corrected chi connectivity index (χ0v) is 13.6. The summed E-state index contributed by atoms with van der Waals surface area (Å²) < 4.78 is 0. The molecule has 0 atom stereocenters. The minimum atomic E-state index is -0.328. The van der Waals surface area contributed by atoms with Crippen LogP contribution < -0.4 is 5.32 Å². The normalized spacial score (nSPS) is 10.9. The number of carbonyl (C=O) groups excluding carboxylic acids is 1. The van der Waals surface area contributed by atoms with Crippen molar-refractivity contribution in [2.24, 2.45) is 0 Å². The lowest BCUT2D eigenvalue weighted by atomic mass is 10.2. The summed E-state index contributed by atoms with van der Waals surface area (Å²) in [5.41, 5.74) is 1.21. The lowest BCUT2D eigenvalue weighted by Crippen LogP contribution is -2.08. The number of hydrogen-bond acceptors (Lipinski definition) is 1. The molecule has 0 spiro atoms. The molecule has 2 aromatic rings. The van der Waals surface area contributed by atoms with E-state index in [1.54, 1.807) is 42.5 Å². The van der Waals surface area contributed by atoms with E-state index in [4.69, 9.17) is 46.4 Å². The van der Waals surface area contributed by atoms with Crippen LogP contribution in [-0.2, 0) is 4.79 Å². The lowest BCUT2D eigenvalue weighted by molar-refractivity contribution is -0.111. The van der Waals surface area contributed by atoms with Crippen molar-refractivity contribution in [3.8, 4) is 0 Å². The molecule has 6 heteroatoms. The van der Waals surface area contributed by atoms with Crippen LogP contribution in [0.2, 0.25) is 20.1 Å². The second kappa shape index (κ2) is 7.19. The molecule has 0 aliphatic rings. The maximum Gasteiger partial charge on any atom is 0.248 e. The molecule has 0 radical (unpaired) electrons. The molecule has 0 aliphatic heterocycles. The highest BCUT2D eigenvalue weighted by atomic mass is 35.5. The van der Waals surface area contributed by atoms with E-state index in [0.717, 1.165) is 5.56 Å². The second-order valence-corrected chi connectivity index (χ2v) is 5.70. The van der Waals surface area contributed by atoms with Gasteiger partial charge in [0.15, 0.2) is 0 Å². The van der Waals surface area contributed by atoms with Crippen molar-refractivity contribution in [1.82, 2.24) is 0 Å². The van der Waals surface area contributed by atoms with Gasteiger partial charge in [0, 0.05) is 6.08 Å². The van der Waals surface area contributed by atoms with Crippen molar-refractivity contribution in [2.75, 3.05) is 5.32 Å². The number of nitrogens with one attached hydrogen (secondary N) is 1. The van der Waals surface area contributed by atoms with Crippen molar-refractivity contribution >= 4 is 64.1 Å². The van der Waals surface area contributed by atoms with Gasteiger partial charge in [-0.25, -0.2) is 0 Å². The standard InChI is InChI=1S/C15H9Cl4NO/c16-10-6-4-9(8-12(10)18)5-7-14(21)20-13-3-1-2-11(17)15(13)19/h1-8H,(H,20,21). The van der Waals surface area contributed by atoms with Gasteiger partial charge in [-0.3, -0.25) is 4.79 Å². The van der Waals surface area contributed by atoms with Crippen molar-refractivity contribution in [3.05, 3.63) is 68.1 Å². The maximum atomic E-state index is 11.8. The molecule has 2 rings (SSSR count). The van der Waals surface area contributed by atoms with Gasteiger partial charge >= 0.3 is 0 Å². The average Bonchev–Trinajstić information content (AvgIpc) is 2.45. The van der Waals surface area contributed by atoms with Crippen molar-refractivity contribution in [3.63, 3.8) is 0 Å². The van der Waals surface area contributed by atoms with Gasteiger partial charge in [-0.05, 0) is 35.9 Å². The van der Waals surface area contributed by atoms with Gasteiger partial charge in [-0.15, -0.1) is 0 Å². The van der Waals surface area contributed by atoms with E-state index in [9.17, 15) is 4.79 Å². The first kappa shape index (κ1) is 16.2. The number of benzene rings is 2. The van der Waals surface area contributed by atoms with E-state index in [-0.39, 0.29) is 5.91 Å². The van der Waals surface area contributed by atoms with Crippen LogP contribution in [0.3, 0.4) is 0 Å². The Labute approximate surface area is 142 Å². The van der Waals surface area contributed by atoms with Gasteiger partial charge in [-0.1, -0.05) is 58.5 Å². The summed E-state index contributed by atoms with van der Waals surface area (Å²) >= 11 is 23.6. The molecule has 0 saturated heterocycles. The van der Waals surface area contributed by atoms with Gasteiger partial charge in [0.2, 0.25) is 5.91 Å². The minimum absolute atomic E-state index is 0.301. The van der Waals surface area contributed by atoms with Crippen molar-refractivity contribution in [2.45, 2.75) is 0 Å². The Bertz CT molecular complexity index is 713. The van der Waals surface area contributed by atoms with Crippen LogP contribution in [0.1, 0.15) is 5.56 Å². The molecule has 0 saturated carbocycles. The monoisotopic (exact) mass is 359 g/mol. The van der Waals surface area contributed by atoms with E-state index in [0.29, 0.717) is 25.8 Å². The molecule has 2 aromatic carbocycles. The van der Waals surface area contributed by atoms with E-state index < -0.39 is 0 Å². The summed E-state index contributed by atoms with van der Waals surface area (Å²) in [6.07, 6.45) is 2.99.